The van der Waals surface area contributed by atoms with Crippen molar-refractivity contribution in [2.24, 2.45) is 0 Å². The molecule has 0 fully saturated rings. The fourth-order valence-corrected chi connectivity index (χ4v) is 2.65. The predicted molar refractivity (Wildman–Crippen MR) is 101 cm³/mol. The van der Waals surface area contributed by atoms with Crippen molar-refractivity contribution < 1.29 is 19.1 Å². The maximum atomic E-state index is 11.9. The average Bonchev–Trinajstić information content (AvgIpc) is 2.99. The van der Waals surface area contributed by atoms with Gasteiger partial charge >= 0.3 is 0 Å². The summed E-state index contributed by atoms with van der Waals surface area (Å²) in [5, 5.41) is 2.89. The second-order valence-electron chi connectivity index (χ2n) is 6.26. The molecule has 6 heteroatoms. The first-order valence-corrected chi connectivity index (χ1v) is 8.99. The molecule has 1 aliphatic rings. The van der Waals surface area contributed by atoms with E-state index >= 15 is 0 Å². The molecule has 1 heterocycles. The molecular formula is C21H24N2O4. The fourth-order valence-electron chi connectivity index (χ4n) is 2.65. The molecule has 142 valence electrons. The smallest absolute Gasteiger partial charge is 0.253 e. The lowest BCUT2D eigenvalue weighted by Crippen LogP contribution is -2.30. The molecule has 0 saturated heterocycles. The van der Waals surface area contributed by atoms with E-state index in [-0.39, 0.29) is 17.7 Å². The molecule has 3 amide bonds. The first-order valence-electron chi connectivity index (χ1n) is 8.99. The third kappa shape index (κ3) is 7.08. The first kappa shape index (κ1) is 20.4. The number of rotatable bonds is 11. The molecule has 1 N–H and O–H groups in total. The number of carbonyl (C=O) groups is 3. The van der Waals surface area contributed by atoms with Crippen molar-refractivity contribution in [2.75, 3.05) is 13.2 Å². The summed E-state index contributed by atoms with van der Waals surface area (Å²) >= 11 is 0. The van der Waals surface area contributed by atoms with Crippen molar-refractivity contribution in [3.8, 4) is 12.3 Å². The largest absolute Gasteiger partial charge is 0.364 e. The van der Waals surface area contributed by atoms with Crippen LogP contribution < -0.4 is 5.32 Å². The number of imide groups is 1. The van der Waals surface area contributed by atoms with Gasteiger partial charge in [0.15, 0.2) is 0 Å². The summed E-state index contributed by atoms with van der Waals surface area (Å²) in [5.41, 5.74) is 2.05. The normalized spacial score (nSPS) is 13.1. The number of nitrogens with zero attached hydrogens (tertiary/aromatic N) is 1. The van der Waals surface area contributed by atoms with Gasteiger partial charge in [-0.25, -0.2) is 0 Å². The molecule has 0 aromatic heterocycles. The Balaban J connectivity index is 1.56. The highest BCUT2D eigenvalue weighted by Crippen LogP contribution is 2.08. The van der Waals surface area contributed by atoms with Crippen LogP contribution in [0.3, 0.4) is 0 Å². The Labute approximate surface area is 159 Å². The Morgan fingerprint density at radius 3 is 2.37 bits per heavy atom. The number of amides is 3. The van der Waals surface area contributed by atoms with Crippen LogP contribution in [0.5, 0.6) is 0 Å². The second kappa shape index (κ2) is 10.9. The zero-order chi connectivity index (χ0) is 19.5. The number of benzene rings is 1. The Kier molecular flexibility index (Phi) is 8.27. The Hall–Kier alpha value is -2.91. The number of terminal acetylenes is 1. The summed E-state index contributed by atoms with van der Waals surface area (Å²) in [7, 11) is 0. The van der Waals surface area contributed by atoms with Gasteiger partial charge in [-0.05, 0) is 24.0 Å². The number of hydrogen-bond donors (Lipinski definition) is 1. The molecular weight excluding hydrogens is 344 g/mol. The van der Waals surface area contributed by atoms with Crippen molar-refractivity contribution in [3.63, 3.8) is 0 Å². The summed E-state index contributed by atoms with van der Waals surface area (Å²) in [6.07, 6.45) is 10.3. The highest BCUT2D eigenvalue weighted by atomic mass is 16.5. The molecule has 0 spiro atoms. The Morgan fingerprint density at radius 1 is 1.04 bits per heavy atom. The highest BCUT2D eigenvalue weighted by Gasteiger charge is 2.22. The van der Waals surface area contributed by atoms with Gasteiger partial charge in [0.05, 0.1) is 6.61 Å². The van der Waals surface area contributed by atoms with Crippen molar-refractivity contribution in [1.29, 1.82) is 0 Å². The molecule has 2 rings (SSSR count). The molecule has 0 bridgehead atoms. The van der Waals surface area contributed by atoms with E-state index in [4.69, 9.17) is 11.2 Å². The molecule has 0 saturated carbocycles. The van der Waals surface area contributed by atoms with Gasteiger partial charge in [-0.1, -0.05) is 36.6 Å². The minimum Gasteiger partial charge on any atom is -0.364 e. The van der Waals surface area contributed by atoms with Gasteiger partial charge in [0.25, 0.3) is 11.8 Å². The monoisotopic (exact) mass is 368 g/mol. The van der Waals surface area contributed by atoms with Crippen LogP contribution >= 0.6 is 0 Å². The first-order chi connectivity index (χ1) is 13.1. The number of unbranched alkanes of at least 4 members (excludes halogenated alkanes) is 2. The van der Waals surface area contributed by atoms with E-state index in [0.29, 0.717) is 39.1 Å². The van der Waals surface area contributed by atoms with Gasteiger partial charge in [-0.2, -0.15) is 0 Å². The number of nitrogens with one attached hydrogen (secondary N) is 1. The van der Waals surface area contributed by atoms with Crippen LogP contribution in [0.1, 0.15) is 36.8 Å². The molecule has 27 heavy (non-hydrogen) atoms. The summed E-state index contributed by atoms with van der Waals surface area (Å²) < 4.78 is 5.27. The minimum atomic E-state index is -0.258. The molecule has 0 unspecified atom stereocenters. The predicted octanol–water partition coefficient (Wildman–Crippen LogP) is 1.94. The van der Waals surface area contributed by atoms with E-state index in [1.807, 2.05) is 24.3 Å². The zero-order valence-corrected chi connectivity index (χ0v) is 15.3. The summed E-state index contributed by atoms with van der Waals surface area (Å²) in [5.74, 6) is 1.90. The molecule has 1 aromatic rings. The number of ether oxygens (including phenoxy) is 1. The number of carbonyl (C=O) groups excluding carboxylic acids is 3. The van der Waals surface area contributed by atoms with Crippen LogP contribution in [-0.2, 0) is 32.3 Å². The maximum absolute atomic E-state index is 11.9. The third-order valence-corrected chi connectivity index (χ3v) is 4.15. The van der Waals surface area contributed by atoms with Crippen molar-refractivity contribution in [3.05, 3.63) is 47.5 Å². The van der Waals surface area contributed by atoms with E-state index < -0.39 is 0 Å². The maximum Gasteiger partial charge on any atom is 0.253 e. The van der Waals surface area contributed by atoms with Crippen LogP contribution in [0.15, 0.2) is 36.4 Å². The van der Waals surface area contributed by atoms with Crippen molar-refractivity contribution >= 4 is 17.7 Å². The highest BCUT2D eigenvalue weighted by molar-refractivity contribution is 6.12. The van der Waals surface area contributed by atoms with Crippen LogP contribution in [0.4, 0.5) is 0 Å². The lowest BCUT2D eigenvalue weighted by Gasteiger charge is -2.13. The van der Waals surface area contributed by atoms with E-state index in [1.165, 1.54) is 17.1 Å². The van der Waals surface area contributed by atoms with E-state index in [0.717, 1.165) is 24.0 Å². The Morgan fingerprint density at radius 2 is 1.70 bits per heavy atom. The van der Waals surface area contributed by atoms with E-state index in [1.54, 1.807) is 0 Å². The topological polar surface area (TPSA) is 75.7 Å². The lowest BCUT2D eigenvalue weighted by molar-refractivity contribution is -0.136. The van der Waals surface area contributed by atoms with Gasteiger partial charge in [-0.15, -0.1) is 6.42 Å². The van der Waals surface area contributed by atoms with E-state index in [9.17, 15) is 14.4 Å². The van der Waals surface area contributed by atoms with Gasteiger partial charge in [-0.3, -0.25) is 19.3 Å². The van der Waals surface area contributed by atoms with Crippen molar-refractivity contribution in [1.82, 2.24) is 10.2 Å². The van der Waals surface area contributed by atoms with Gasteiger partial charge in [0.1, 0.15) is 6.61 Å². The number of hydrogen-bond acceptors (Lipinski definition) is 4. The standard InChI is InChI=1S/C21H24N2O4/c1-2-14-27-16-18-9-7-17(8-10-18)15-22-19(24)6-4-3-5-13-23-20(25)11-12-21(23)26/h1,7-12H,3-6,13-16H2,(H,22,24). The third-order valence-electron chi connectivity index (χ3n) is 4.15. The van der Waals surface area contributed by atoms with Gasteiger partial charge in [0.2, 0.25) is 5.91 Å². The lowest BCUT2D eigenvalue weighted by atomic mass is 10.1. The van der Waals surface area contributed by atoms with Crippen molar-refractivity contribution in [2.45, 2.75) is 38.8 Å². The Bertz CT molecular complexity index is 714. The van der Waals surface area contributed by atoms with Crippen LogP contribution in [0.2, 0.25) is 0 Å². The molecule has 1 aliphatic heterocycles. The zero-order valence-electron chi connectivity index (χ0n) is 15.3. The van der Waals surface area contributed by atoms with E-state index in [2.05, 4.69) is 11.2 Å². The average molecular weight is 368 g/mol. The molecule has 0 atom stereocenters. The van der Waals surface area contributed by atoms with Gasteiger partial charge in [0, 0.05) is 31.7 Å². The molecule has 1 aromatic carbocycles. The summed E-state index contributed by atoms with van der Waals surface area (Å²) in [4.78, 5) is 35.9. The summed E-state index contributed by atoms with van der Waals surface area (Å²) in [6.45, 7) is 1.65. The summed E-state index contributed by atoms with van der Waals surface area (Å²) in [6, 6.07) is 7.81. The van der Waals surface area contributed by atoms with Crippen LogP contribution in [0.25, 0.3) is 0 Å². The van der Waals surface area contributed by atoms with Gasteiger partial charge < -0.3 is 10.1 Å². The fraction of sp³-hybridized carbons (Fsp3) is 0.381. The van der Waals surface area contributed by atoms with Crippen LogP contribution in [-0.4, -0.2) is 35.8 Å². The molecule has 6 nitrogen and oxygen atoms in total. The minimum absolute atomic E-state index is 0.00794. The molecule has 0 aliphatic carbocycles. The SMILES string of the molecule is C#CCOCc1ccc(CNC(=O)CCCCCN2C(=O)C=CC2=O)cc1. The second-order valence-corrected chi connectivity index (χ2v) is 6.26. The molecule has 0 radical (unpaired) electrons. The van der Waals surface area contributed by atoms with Crippen LogP contribution in [0, 0.1) is 12.3 Å². The quantitative estimate of drug-likeness (QED) is 0.368.